The average molecular weight is 355 g/mol. The van der Waals surface area contributed by atoms with Crippen molar-refractivity contribution in [3.05, 3.63) is 35.4 Å². The number of hydrogen-bond acceptors (Lipinski definition) is 3. The van der Waals surface area contributed by atoms with Crippen molar-refractivity contribution in [2.45, 2.75) is 37.0 Å². The van der Waals surface area contributed by atoms with Crippen LogP contribution in [-0.4, -0.2) is 49.5 Å². The van der Waals surface area contributed by atoms with Crippen LogP contribution in [-0.2, 0) is 12.0 Å². The first-order valence-corrected chi connectivity index (χ1v) is 8.48. The van der Waals surface area contributed by atoms with Gasteiger partial charge in [0.2, 0.25) is 0 Å². The molecule has 136 valence electrons. The number of aliphatic hydroxyl groups is 1. The summed E-state index contributed by atoms with van der Waals surface area (Å²) in [6, 6.07) is 3.41. The van der Waals surface area contributed by atoms with Crippen LogP contribution in [0.3, 0.4) is 0 Å². The van der Waals surface area contributed by atoms with Crippen molar-refractivity contribution in [3.63, 3.8) is 0 Å². The van der Waals surface area contributed by atoms with Gasteiger partial charge < -0.3 is 31.9 Å². The van der Waals surface area contributed by atoms with E-state index in [1.807, 2.05) is 6.08 Å². The van der Waals surface area contributed by atoms with Gasteiger partial charge in [-0.3, -0.25) is 0 Å². The second kappa shape index (κ2) is 5.17. The molecule has 1 aromatic rings. The van der Waals surface area contributed by atoms with E-state index in [0.29, 0.717) is 29.9 Å². The van der Waals surface area contributed by atoms with Crippen molar-refractivity contribution in [2.24, 2.45) is 0 Å². The molecule has 0 amide bonds. The quantitative estimate of drug-likeness (QED) is 0.655. The van der Waals surface area contributed by atoms with Gasteiger partial charge in [-0.15, -0.1) is 0 Å². The van der Waals surface area contributed by atoms with Crippen LogP contribution in [0.15, 0.2) is 24.3 Å². The van der Waals surface area contributed by atoms with E-state index in [1.54, 1.807) is 18.2 Å². The van der Waals surface area contributed by atoms with Crippen LogP contribution in [0.2, 0.25) is 0 Å². The second-order valence-corrected chi connectivity index (χ2v) is 7.59. The molecule has 3 aliphatic rings. The van der Waals surface area contributed by atoms with Gasteiger partial charge in [0.15, 0.2) is 11.5 Å². The molecule has 2 heterocycles. The topological polar surface area (TPSA) is 38.7 Å². The Morgan fingerprint density at radius 3 is 2.80 bits per heavy atom. The lowest BCUT2D eigenvalue weighted by Crippen LogP contribution is -2.59. The molecule has 4 rings (SSSR count). The van der Waals surface area contributed by atoms with Crippen LogP contribution in [0.25, 0.3) is 0 Å². The molecule has 0 fully saturated rings. The fraction of sp³-hybridized carbons (Fsp3) is 0.529. The predicted molar refractivity (Wildman–Crippen MR) is 87.3 cm³/mol. The zero-order chi connectivity index (χ0) is 18.0. The standard InChI is InChI=1S/C17H21BF3NO3/c1-22(18(19,20)21)8-7-17-6-5-12(23)9-14(17)25-16-13(24-2)4-3-11(10-22)15(16)17/h3-6,12,14,23H,7-10H2,1-2H3/t12-,14-,17-,22?/m0/s1. The molecule has 1 unspecified atom stereocenters. The number of halogens is 3. The SMILES string of the molecule is COc1ccc2c3c1O[C@H]1C[C@@H](O)C=C[C@@]31CC[N+](C)([B-](F)(F)F)C2. The maximum Gasteiger partial charge on any atom is 0.733 e. The highest BCUT2D eigenvalue weighted by atomic mass is 19.4. The van der Waals surface area contributed by atoms with E-state index in [2.05, 4.69) is 0 Å². The van der Waals surface area contributed by atoms with Crippen LogP contribution < -0.4 is 9.47 Å². The number of aliphatic hydroxyl groups excluding tert-OH is 1. The Hall–Kier alpha value is -1.67. The lowest BCUT2D eigenvalue weighted by molar-refractivity contribution is -0.844. The third-order valence-corrected chi connectivity index (χ3v) is 6.07. The van der Waals surface area contributed by atoms with Gasteiger partial charge in [-0.25, -0.2) is 0 Å². The lowest BCUT2D eigenvalue weighted by Gasteiger charge is -2.44. The summed E-state index contributed by atoms with van der Waals surface area (Å²) in [4.78, 5) is 0. The summed E-state index contributed by atoms with van der Waals surface area (Å²) >= 11 is 0. The lowest BCUT2D eigenvalue weighted by atomic mass is 9.69. The zero-order valence-corrected chi connectivity index (χ0v) is 14.2. The van der Waals surface area contributed by atoms with Gasteiger partial charge in [0.25, 0.3) is 0 Å². The molecule has 0 radical (unpaired) electrons. The minimum Gasteiger partial charge on any atom is -0.493 e. The van der Waals surface area contributed by atoms with Gasteiger partial charge in [0.05, 0.1) is 25.2 Å². The van der Waals surface area contributed by atoms with E-state index < -0.39 is 23.0 Å². The molecule has 2 aliphatic heterocycles. The smallest absolute Gasteiger partial charge is 0.493 e. The van der Waals surface area contributed by atoms with Gasteiger partial charge in [-0.2, -0.15) is 0 Å². The predicted octanol–water partition coefficient (Wildman–Crippen LogP) is 2.71. The van der Waals surface area contributed by atoms with Crippen LogP contribution in [0.1, 0.15) is 24.0 Å². The Bertz CT molecular complexity index is 753. The molecular weight excluding hydrogens is 334 g/mol. The zero-order valence-electron chi connectivity index (χ0n) is 14.2. The number of methoxy groups -OCH3 is 1. The summed E-state index contributed by atoms with van der Waals surface area (Å²) < 4.78 is 51.9. The fourth-order valence-electron chi connectivity index (χ4n) is 4.49. The highest BCUT2D eigenvalue weighted by Crippen LogP contribution is 2.56. The summed E-state index contributed by atoms with van der Waals surface area (Å²) in [6.07, 6.45) is 3.23. The monoisotopic (exact) mass is 355 g/mol. The van der Waals surface area contributed by atoms with Gasteiger partial charge in [0.1, 0.15) is 6.10 Å². The van der Waals surface area contributed by atoms with Crippen LogP contribution in [0.4, 0.5) is 12.9 Å². The summed E-state index contributed by atoms with van der Waals surface area (Å²) in [6.45, 7) is -0.121. The van der Waals surface area contributed by atoms with E-state index in [-0.39, 0.29) is 19.2 Å². The van der Waals surface area contributed by atoms with Crippen LogP contribution in [0, 0.1) is 0 Å². The third-order valence-electron chi connectivity index (χ3n) is 6.07. The summed E-state index contributed by atoms with van der Waals surface area (Å²) in [5.74, 6) is 1.07. The Kier molecular flexibility index (Phi) is 3.47. The fourth-order valence-corrected chi connectivity index (χ4v) is 4.49. The molecule has 1 spiro atoms. The Morgan fingerprint density at radius 2 is 2.12 bits per heavy atom. The highest BCUT2D eigenvalue weighted by Gasteiger charge is 2.58. The summed E-state index contributed by atoms with van der Waals surface area (Å²) in [5.41, 5.74) is 0.830. The minimum absolute atomic E-state index is 0.0137. The van der Waals surface area contributed by atoms with Crippen LogP contribution >= 0.6 is 0 Å². The van der Waals surface area contributed by atoms with Gasteiger partial charge in [-0.1, -0.05) is 12.2 Å². The molecule has 4 atom stereocenters. The number of hydrogen-bond donors (Lipinski definition) is 1. The third kappa shape index (κ3) is 2.23. The van der Waals surface area contributed by atoms with Crippen molar-refractivity contribution < 1.29 is 31.9 Å². The molecular formula is C17H21BF3NO3. The molecule has 8 heteroatoms. The minimum atomic E-state index is -5.04. The van der Waals surface area contributed by atoms with E-state index >= 15 is 0 Å². The first-order chi connectivity index (χ1) is 11.7. The number of nitrogens with zero attached hydrogens (tertiary/aromatic N) is 1. The molecule has 25 heavy (non-hydrogen) atoms. The van der Waals surface area contributed by atoms with Crippen molar-refractivity contribution >= 4 is 7.11 Å². The molecule has 1 aliphatic carbocycles. The van der Waals surface area contributed by atoms with Crippen LogP contribution in [0.5, 0.6) is 11.5 Å². The average Bonchev–Trinajstić information content (AvgIpc) is 2.80. The van der Waals surface area contributed by atoms with E-state index in [0.717, 1.165) is 5.56 Å². The van der Waals surface area contributed by atoms with E-state index in [1.165, 1.54) is 14.2 Å². The normalized spacial score (nSPS) is 36.2. The molecule has 1 aromatic carbocycles. The van der Waals surface area contributed by atoms with Gasteiger partial charge in [-0.05, 0) is 12.1 Å². The Labute approximate surface area is 144 Å². The number of quaternary nitrogens is 1. The largest absolute Gasteiger partial charge is 0.733 e. The van der Waals surface area contributed by atoms with Gasteiger partial charge >= 0.3 is 7.11 Å². The first kappa shape index (κ1) is 16.8. The highest BCUT2D eigenvalue weighted by molar-refractivity contribution is 6.50. The molecule has 0 bridgehead atoms. The molecule has 0 saturated carbocycles. The molecule has 0 saturated heterocycles. The number of rotatable bonds is 2. The molecule has 4 nitrogen and oxygen atoms in total. The number of ether oxygens (including phenoxy) is 2. The summed E-state index contributed by atoms with van der Waals surface area (Å²) in [5, 5.41) is 9.98. The Morgan fingerprint density at radius 1 is 1.36 bits per heavy atom. The maximum absolute atomic E-state index is 13.8. The first-order valence-electron chi connectivity index (χ1n) is 8.48. The van der Waals surface area contributed by atoms with Crippen molar-refractivity contribution in [3.8, 4) is 11.5 Å². The second-order valence-electron chi connectivity index (χ2n) is 7.59. The van der Waals surface area contributed by atoms with E-state index in [4.69, 9.17) is 9.47 Å². The van der Waals surface area contributed by atoms with Gasteiger partial charge in [0, 0.05) is 37.6 Å². The van der Waals surface area contributed by atoms with E-state index in [9.17, 15) is 18.1 Å². The summed E-state index contributed by atoms with van der Waals surface area (Å²) in [7, 11) is -2.25. The molecule has 0 aromatic heterocycles. The Balaban J connectivity index is 1.93. The number of benzene rings is 1. The molecule has 1 N–H and O–H groups in total. The van der Waals surface area contributed by atoms with Crippen molar-refractivity contribution in [2.75, 3.05) is 20.7 Å². The van der Waals surface area contributed by atoms with Crippen molar-refractivity contribution in [1.82, 2.24) is 0 Å². The maximum atomic E-state index is 13.8. The van der Waals surface area contributed by atoms with Crippen molar-refractivity contribution in [1.29, 1.82) is 0 Å².